The maximum atomic E-state index is 11.9. The molecule has 0 bridgehead atoms. The molecule has 2 aliphatic rings. The standard InChI is InChI=1S/C16H20N2O3/c19-15(12-6-7-12)18-13-4-1-3-11(9-13)10-17-16(20)14-5-2-8-21-14/h1,3-4,9,12,14H,2,5-8,10H2,(H,17,20)(H,18,19). The molecule has 0 aromatic heterocycles. The van der Waals surface area contributed by atoms with Gasteiger partial charge in [-0.25, -0.2) is 0 Å². The Morgan fingerprint density at radius 3 is 2.76 bits per heavy atom. The molecule has 1 aliphatic heterocycles. The van der Waals surface area contributed by atoms with Crippen LogP contribution in [-0.2, 0) is 20.9 Å². The van der Waals surface area contributed by atoms with E-state index < -0.39 is 0 Å². The van der Waals surface area contributed by atoms with Gasteiger partial charge in [-0.2, -0.15) is 0 Å². The van der Waals surface area contributed by atoms with Gasteiger partial charge in [0.2, 0.25) is 11.8 Å². The molecule has 3 rings (SSSR count). The van der Waals surface area contributed by atoms with Crippen molar-refractivity contribution < 1.29 is 14.3 Å². The second-order valence-corrected chi connectivity index (χ2v) is 5.68. The first kappa shape index (κ1) is 14.1. The molecule has 0 spiro atoms. The Morgan fingerprint density at radius 1 is 1.19 bits per heavy atom. The Hall–Kier alpha value is -1.88. The van der Waals surface area contributed by atoms with E-state index in [9.17, 15) is 9.59 Å². The van der Waals surface area contributed by atoms with E-state index in [0.29, 0.717) is 13.2 Å². The molecule has 1 aliphatic carbocycles. The highest BCUT2D eigenvalue weighted by Crippen LogP contribution is 2.30. The van der Waals surface area contributed by atoms with E-state index in [2.05, 4.69) is 10.6 Å². The monoisotopic (exact) mass is 288 g/mol. The molecular formula is C16H20N2O3. The lowest BCUT2D eigenvalue weighted by molar-refractivity contribution is -0.130. The van der Waals surface area contributed by atoms with E-state index in [-0.39, 0.29) is 23.8 Å². The van der Waals surface area contributed by atoms with Crippen molar-refractivity contribution in [1.82, 2.24) is 5.32 Å². The zero-order valence-corrected chi connectivity index (χ0v) is 11.9. The minimum absolute atomic E-state index is 0.0556. The largest absolute Gasteiger partial charge is 0.368 e. The van der Waals surface area contributed by atoms with Crippen LogP contribution in [0.15, 0.2) is 24.3 Å². The van der Waals surface area contributed by atoms with E-state index >= 15 is 0 Å². The van der Waals surface area contributed by atoms with E-state index in [1.54, 1.807) is 0 Å². The molecule has 5 heteroatoms. The van der Waals surface area contributed by atoms with Crippen LogP contribution in [0.5, 0.6) is 0 Å². The maximum absolute atomic E-state index is 11.9. The van der Waals surface area contributed by atoms with Crippen molar-refractivity contribution in [1.29, 1.82) is 0 Å². The van der Waals surface area contributed by atoms with Crippen molar-refractivity contribution in [2.45, 2.75) is 38.3 Å². The zero-order valence-electron chi connectivity index (χ0n) is 11.9. The molecule has 1 saturated heterocycles. The molecule has 21 heavy (non-hydrogen) atoms. The summed E-state index contributed by atoms with van der Waals surface area (Å²) in [5.74, 6) is 0.225. The van der Waals surface area contributed by atoms with Crippen LogP contribution in [0.1, 0.15) is 31.2 Å². The van der Waals surface area contributed by atoms with Gasteiger partial charge < -0.3 is 15.4 Å². The van der Waals surface area contributed by atoms with Gasteiger partial charge in [-0.3, -0.25) is 9.59 Å². The molecule has 0 radical (unpaired) electrons. The van der Waals surface area contributed by atoms with Gasteiger partial charge in [-0.15, -0.1) is 0 Å². The lowest BCUT2D eigenvalue weighted by Gasteiger charge is -2.11. The number of rotatable bonds is 5. The Bertz CT molecular complexity index is 534. The molecule has 2 fully saturated rings. The normalized spacial score (nSPS) is 21.0. The van der Waals surface area contributed by atoms with Crippen LogP contribution in [-0.4, -0.2) is 24.5 Å². The molecule has 112 valence electrons. The van der Waals surface area contributed by atoms with E-state index in [1.807, 2.05) is 24.3 Å². The Kier molecular flexibility index (Phi) is 4.20. The number of carbonyl (C=O) groups excluding carboxylic acids is 2. The fraction of sp³-hybridized carbons (Fsp3) is 0.500. The van der Waals surface area contributed by atoms with Gasteiger partial charge in [-0.1, -0.05) is 12.1 Å². The molecule has 1 unspecified atom stereocenters. The summed E-state index contributed by atoms with van der Waals surface area (Å²) in [7, 11) is 0. The van der Waals surface area contributed by atoms with Gasteiger partial charge in [0.15, 0.2) is 0 Å². The minimum Gasteiger partial charge on any atom is -0.368 e. The molecule has 1 heterocycles. The van der Waals surface area contributed by atoms with Crippen LogP contribution in [0.4, 0.5) is 5.69 Å². The van der Waals surface area contributed by atoms with E-state index in [0.717, 1.165) is 36.9 Å². The van der Waals surface area contributed by atoms with Crippen LogP contribution < -0.4 is 10.6 Å². The summed E-state index contributed by atoms with van der Waals surface area (Å²) in [6.07, 6.45) is 3.42. The summed E-state index contributed by atoms with van der Waals surface area (Å²) < 4.78 is 5.34. The predicted molar refractivity (Wildman–Crippen MR) is 78.6 cm³/mol. The lowest BCUT2D eigenvalue weighted by Crippen LogP contribution is -2.33. The number of benzene rings is 1. The molecule has 1 aromatic carbocycles. The smallest absolute Gasteiger partial charge is 0.249 e. The van der Waals surface area contributed by atoms with Crippen LogP contribution in [0.3, 0.4) is 0 Å². The summed E-state index contributed by atoms with van der Waals surface area (Å²) in [6, 6.07) is 7.58. The Balaban J connectivity index is 1.52. The minimum atomic E-state index is -0.303. The van der Waals surface area contributed by atoms with Crippen LogP contribution in [0.25, 0.3) is 0 Å². The first-order valence-electron chi connectivity index (χ1n) is 7.51. The number of ether oxygens (including phenoxy) is 1. The number of anilines is 1. The second-order valence-electron chi connectivity index (χ2n) is 5.68. The third kappa shape index (κ3) is 3.82. The van der Waals surface area contributed by atoms with Crippen molar-refractivity contribution in [3.8, 4) is 0 Å². The highest BCUT2D eigenvalue weighted by atomic mass is 16.5. The number of nitrogens with one attached hydrogen (secondary N) is 2. The van der Waals surface area contributed by atoms with Gasteiger partial charge in [0.05, 0.1) is 0 Å². The van der Waals surface area contributed by atoms with Crippen molar-refractivity contribution in [3.63, 3.8) is 0 Å². The van der Waals surface area contributed by atoms with E-state index in [4.69, 9.17) is 4.74 Å². The summed E-state index contributed by atoms with van der Waals surface area (Å²) >= 11 is 0. The molecule has 2 amide bonds. The number of amides is 2. The lowest BCUT2D eigenvalue weighted by atomic mass is 10.2. The fourth-order valence-corrected chi connectivity index (χ4v) is 2.44. The third-order valence-corrected chi connectivity index (χ3v) is 3.83. The Labute approximate surface area is 124 Å². The molecule has 1 aromatic rings. The van der Waals surface area contributed by atoms with Crippen molar-refractivity contribution in [2.24, 2.45) is 5.92 Å². The van der Waals surface area contributed by atoms with E-state index in [1.165, 1.54) is 0 Å². The van der Waals surface area contributed by atoms with Gasteiger partial charge in [0.25, 0.3) is 0 Å². The zero-order chi connectivity index (χ0) is 14.7. The average molecular weight is 288 g/mol. The predicted octanol–water partition coefficient (Wildman–Crippen LogP) is 1.83. The van der Waals surface area contributed by atoms with Gasteiger partial charge >= 0.3 is 0 Å². The summed E-state index contributed by atoms with van der Waals surface area (Å²) in [4.78, 5) is 23.6. The molecule has 2 N–H and O–H groups in total. The first-order valence-corrected chi connectivity index (χ1v) is 7.51. The van der Waals surface area contributed by atoms with Crippen molar-refractivity contribution in [2.75, 3.05) is 11.9 Å². The van der Waals surface area contributed by atoms with Crippen LogP contribution >= 0.6 is 0 Å². The highest BCUT2D eigenvalue weighted by molar-refractivity contribution is 5.94. The molecule has 1 atom stereocenters. The number of carbonyl (C=O) groups is 2. The second kappa shape index (κ2) is 6.26. The van der Waals surface area contributed by atoms with Crippen LogP contribution in [0, 0.1) is 5.92 Å². The topological polar surface area (TPSA) is 67.4 Å². The van der Waals surface area contributed by atoms with Gasteiger partial charge in [0, 0.05) is 24.8 Å². The van der Waals surface area contributed by atoms with Gasteiger partial charge in [-0.05, 0) is 43.4 Å². The third-order valence-electron chi connectivity index (χ3n) is 3.83. The number of hydrogen-bond donors (Lipinski definition) is 2. The van der Waals surface area contributed by atoms with Crippen molar-refractivity contribution >= 4 is 17.5 Å². The number of hydrogen-bond acceptors (Lipinski definition) is 3. The first-order chi connectivity index (χ1) is 10.2. The SMILES string of the molecule is O=C(Nc1cccc(CNC(=O)C2CCCO2)c1)C1CC1. The quantitative estimate of drug-likeness (QED) is 0.868. The fourth-order valence-electron chi connectivity index (χ4n) is 2.44. The van der Waals surface area contributed by atoms with Crippen LogP contribution in [0.2, 0.25) is 0 Å². The molecular weight excluding hydrogens is 268 g/mol. The summed E-state index contributed by atoms with van der Waals surface area (Å²) in [6.45, 7) is 1.12. The van der Waals surface area contributed by atoms with Crippen molar-refractivity contribution in [3.05, 3.63) is 29.8 Å². The maximum Gasteiger partial charge on any atom is 0.249 e. The highest BCUT2D eigenvalue weighted by Gasteiger charge is 2.29. The van der Waals surface area contributed by atoms with Gasteiger partial charge in [0.1, 0.15) is 6.10 Å². The Morgan fingerprint density at radius 2 is 2.05 bits per heavy atom. The summed E-state index contributed by atoms with van der Waals surface area (Å²) in [5, 5.41) is 5.79. The molecule has 5 nitrogen and oxygen atoms in total. The average Bonchev–Trinajstić information content (AvgIpc) is 3.20. The summed E-state index contributed by atoms with van der Waals surface area (Å²) in [5.41, 5.74) is 1.76. The molecule has 1 saturated carbocycles.